The second-order valence-corrected chi connectivity index (χ2v) is 6.09. The maximum absolute atomic E-state index is 12.5. The molecule has 0 atom stereocenters. The second kappa shape index (κ2) is 7.47. The molecule has 128 valence electrons. The van der Waals surface area contributed by atoms with Crippen LogP contribution in [0.3, 0.4) is 0 Å². The zero-order valence-electron chi connectivity index (χ0n) is 14.4. The van der Waals surface area contributed by atoms with Crippen molar-refractivity contribution in [3.8, 4) is 5.75 Å². The van der Waals surface area contributed by atoms with Gasteiger partial charge >= 0.3 is 0 Å². The van der Waals surface area contributed by atoms with Crippen LogP contribution in [0.15, 0.2) is 24.4 Å². The number of ether oxygens (including phenoxy) is 1. The largest absolute Gasteiger partial charge is 0.494 e. The Balaban J connectivity index is 1.62. The van der Waals surface area contributed by atoms with Crippen molar-refractivity contribution < 1.29 is 9.53 Å². The van der Waals surface area contributed by atoms with E-state index < -0.39 is 0 Å². The minimum atomic E-state index is 0.107. The summed E-state index contributed by atoms with van der Waals surface area (Å²) < 4.78 is 7.43. The first-order valence-electron chi connectivity index (χ1n) is 8.61. The second-order valence-electron chi connectivity index (χ2n) is 6.09. The number of aromatic nitrogens is 3. The molecule has 1 aromatic heterocycles. The number of benzene rings is 1. The summed E-state index contributed by atoms with van der Waals surface area (Å²) in [5.74, 6) is 1.03. The summed E-state index contributed by atoms with van der Waals surface area (Å²) in [4.78, 5) is 14.4. The Morgan fingerprint density at radius 3 is 2.92 bits per heavy atom. The summed E-state index contributed by atoms with van der Waals surface area (Å²) in [5, 5.41) is 8.04. The van der Waals surface area contributed by atoms with Crippen LogP contribution in [0, 0.1) is 0 Å². The summed E-state index contributed by atoms with van der Waals surface area (Å²) in [6.07, 6.45) is 4.02. The van der Waals surface area contributed by atoms with E-state index in [0.29, 0.717) is 13.0 Å². The predicted molar refractivity (Wildman–Crippen MR) is 90.7 cm³/mol. The topological polar surface area (TPSA) is 60.2 Å². The summed E-state index contributed by atoms with van der Waals surface area (Å²) in [7, 11) is 0. The van der Waals surface area contributed by atoms with Crippen molar-refractivity contribution in [2.45, 2.75) is 46.2 Å². The van der Waals surface area contributed by atoms with Crippen molar-refractivity contribution in [1.82, 2.24) is 19.9 Å². The van der Waals surface area contributed by atoms with Gasteiger partial charge < -0.3 is 9.64 Å². The monoisotopic (exact) mass is 328 g/mol. The van der Waals surface area contributed by atoms with Gasteiger partial charge in [0.1, 0.15) is 5.75 Å². The molecule has 6 nitrogen and oxygen atoms in total. The molecule has 2 heterocycles. The fraction of sp³-hybridized carbons (Fsp3) is 0.500. The third-order valence-electron chi connectivity index (χ3n) is 4.26. The molecule has 0 fully saturated rings. The van der Waals surface area contributed by atoms with Crippen molar-refractivity contribution in [3.63, 3.8) is 0 Å². The molecule has 0 unspecified atom stereocenters. The average molecular weight is 328 g/mol. The van der Waals surface area contributed by atoms with Crippen LogP contribution in [-0.4, -0.2) is 39.0 Å². The lowest BCUT2D eigenvalue weighted by Crippen LogP contribution is -2.37. The van der Waals surface area contributed by atoms with Crippen LogP contribution in [0.5, 0.6) is 5.75 Å². The fourth-order valence-corrected chi connectivity index (χ4v) is 2.89. The molecule has 0 aliphatic carbocycles. The Kier molecular flexibility index (Phi) is 5.13. The van der Waals surface area contributed by atoms with E-state index in [4.69, 9.17) is 4.74 Å². The number of hydrogen-bond donors (Lipinski definition) is 0. The minimum absolute atomic E-state index is 0.107. The van der Waals surface area contributed by atoms with Crippen LogP contribution in [0.2, 0.25) is 0 Å². The van der Waals surface area contributed by atoms with E-state index in [1.54, 1.807) is 4.68 Å². The highest BCUT2D eigenvalue weighted by Crippen LogP contribution is 2.24. The van der Waals surface area contributed by atoms with E-state index >= 15 is 0 Å². The summed E-state index contributed by atoms with van der Waals surface area (Å²) >= 11 is 0. The molecule has 0 bridgehead atoms. The number of carbonyl (C=O) groups is 1. The maximum Gasteiger partial charge on any atom is 0.229 e. The first-order chi connectivity index (χ1) is 11.7. The van der Waals surface area contributed by atoms with E-state index in [2.05, 4.69) is 29.4 Å². The zero-order valence-corrected chi connectivity index (χ0v) is 14.4. The molecule has 24 heavy (non-hydrogen) atoms. The Hall–Kier alpha value is -2.37. The number of nitrogens with zero attached hydrogens (tertiary/aromatic N) is 4. The number of amides is 1. The van der Waals surface area contributed by atoms with Gasteiger partial charge in [-0.2, -0.15) is 0 Å². The van der Waals surface area contributed by atoms with E-state index in [-0.39, 0.29) is 5.91 Å². The average Bonchev–Trinajstić information content (AvgIpc) is 3.06. The minimum Gasteiger partial charge on any atom is -0.494 e. The van der Waals surface area contributed by atoms with Crippen molar-refractivity contribution in [1.29, 1.82) is 0 Å². The molecule has 2 aromatic rings. The van der Waals surface area contributed by atoms with E-state index in [1.165, 1.54) is 11.1 Å². The molecule has 0 saturated carbocycles. The Morgan fingerprint density at radius 2 is 2.17 bits per heavy atom. The third-order valence-corrected chi connectivity index (χ3v) is 4.26. The SMILES string of the molecule is CCCOc1ccc2c(c1)CCN(C(=O)Cc1cn(CC)nn1)C2. The van der Waals surface area contributed by atoms with Gasteiger partial charge in [0, 0.05) is 25.8 Å². The smallest absolute Gasteiger partial charge is 0.229 e. The van der Waals surface area contributed by atoms with Gasteiger partial charge in [-0.1, -0.05) is 18.2 Å². The first-order valence-corrected chi connectivity index (χ1v) is 8.61. The van der Waals surface area contributed by atoms with Gasteiger partial charge in [0.25, 0.3) is 0 Å². The molecule has 6 heteroatoms. The van der Waals surface area contributed by atoms with Crippen LogP contribution in [0.25, 0.3) is 0 Å². The van der Waals surface area contributed by atoms with Crippen molar-refractivity contribution in [2.75, 3.05) is 13.2 Å². The van der Waals surface area contributed by atoms with Gasteiger partial charge in [-0.05, 0) is 43.0 Å². The van der Waals surface area contributed by atoms with Crippen molar-refractivity contribution >= 4 is 5.91 Å². The molecular formula is C18H24N4O2. The summed E-state index contributed by atoms with van der Waals surface area (Å²) in [6.45, 7) is 7.00. The van der Waals surface area contributed by atoms with E-state index in [9.17, 15) is 4.79 Å². The highest BCUT2D eigenvalue weighted by Gasteiger charge is 2.22. The van der Waals surface area contributed by atoms with E-state index in [0.717, 1.165) is 44.0 Å². The van der Waals surface area contributed by atoms with Gasteiger partial charge in [-0.25, -0.2) is 0 Å². The van der Waals surface area contributed by atoms with Crippen LogP contribution in [0.4, 0.5) is 0 Å². The first kappa shape index (κ1) is 16.5. The molecule has 0 radical (unpaired) electrons. The van der Waals surface area contributed by atoms with Crippen molar-refractivity contribution in [2.24, 2.45) is 0 Å². The number of fused-ring (bicyclic) bond motifs is 1. The molecule has 0 N–H and O–H groups in total. The van der Waals surface area contributed by atoms with Crippen LogP contribution < -0.4 is 4.74 Å². The zero-order chi connectivity index (χ0) is 16.9. The lowest BCUT2D eigenvalue weighted by atomic mass is 9.99. The lowest BCUT2D eigenvalue weighted by Gasteiger charge is -2.29. The molecule has 1 aliphatic rings. The number of carbonyl (C=O) groups excluding carboxylic acids is 1. The number of hydrogen-bond acceptors (Lipinski definition) is 4. The molecule has 0 saturated heterocycles. The lowest BCUT2D eigenvalue weighted by molar-refractivity contribution is -0.131. The highest BCUT2D eigenvalue weighted by atomic mass is 16.5. The maximum atomic E-state index is 12.5. The van der Waals surface area contributed by atoms with Crippen LogP contribution in [-0.2, 0) is 30.7 Å². The third kappa shape index (κ3) is 3.75. The molecule has 1 amide bonds. The van der Waals surface area contributed by atoms with Gasteiger partial charge in [-0.15, -0.1) is 5.10 Å². The van der Waals surface area contributed by atoms with Crippen molar-refractivity contribution in [3.05, 3.63) is 41.2 Å². The van der Waals surface area contributed by atoms with Gasteiger partial charge in [0.15, 0.2) is 0 Å². The molecule has 1 aromatic carbocycles. The Morgan fingerprint density at radius 1 is 1.29 bits per heavy atom. The number of rotatable bonds is 6. The normalized spacial score (nSPS) is 13.7. The Labute approximate surface area is 142 Å². The predicted octanol–water partition coefficient (Wildman–Crippen LogP) is 2.21. The van der Waals surface area contributed by atoms with Crippen LogP contribution >= 0.6 is 0 Å². The molecule has 1 aliphatic heterocycles. The van der Waals surface area contributed by atoms with E-state index in [1.807, 2.05) is 24.1 Å². The fourth-order valence-electron chi connectivity index (χ4n) is 2.89. The van der Waals surface area contributed by atoms with Gasteiger partial charge in [-0.3, -0.25) is 9.48 Å². The molecule has 3 rings (SSSR count). The quantitative estimate of drug-likeness (QED) is 0.816. The highest BCUT2D eigenvalue weighted by molar-refractivity contribution is 5.78. The number of aryl methyl sites for hydroxylation is 1. The van der Waals surface area contributed by atoms with Gasteiger partial charge in [0.05, 0.1) is 18.7 Å². The molecular weight excluding hydrogens is 304 g/mol. The molecule has 0 spiro atoms. The Bertz CT molecular complexity index is 711. The standard InChI is InChI=1S/C18H24N4O2/c1-3-9-24-17-6-5-15-12-21(8-7-14(15)10-17)18(23)11-16-13-22(4-2)20-19-16/h5-6,10,13H,3-4,7-9,11-12H2,1-2H3. The summed E-state index contributed by atoms with van der Waals surface area (Å²) in [5.41, 5.74) is 3.22. The van der Waals surface area contributed by atoms with Gasteiger partial charge in [0.2, 0.25) is 5.91 Å². The summed E-state index contributed by atoms with van der Waals surface area (Å²) in [6, 6.07) is 6.18. The van der Waals surface area contributed by atoms with Crippen LogP contribution in [0.1, 0.15) is 37.1 Å².